The van der Waals surface area contributed by atoms with Gasteiger partial charge in [0.2, 0.25) is 0 Å². The van der Waals surface area contributed by atoms with E-state index >= 15 is 0 Å². The van der Waals surface area contributed by atoms with E-state index in [2.05, 4.69) is 4.90 Å². The SMILES string of the molecule is O=CC(Cl)CN1CCOCC1. The summed E-state index contributed by atoms with van der Waals surface area (Å²) in [4.78, 5) is 12.3. The summed E-state index contributed by atoms with van der Waals surface area (Å²) < 4.78 is 5.14. The van der Waals surface area contributed by atoms with E-state index in [4.69, 9.17) is 16.3 Å². The van der Waals surface area contributed by atoms with Gasteiger partial charge in [-0.1, -0.05) is 0 Å². The molecule has 1 aliphatic heterocycles. The van der Waals surface area contributed by atoms with Crippen molar-refractivity contribution in [1.82, 2.24) is 4.90 Å². The molecule has 4 heteroatoms. The third kappa shape index (κ3) is 3.18. The van der Waals surface area contributed by atoms with Gasteiger partial charge in [0.15, 0.2) is 0 Å². The molecule has 0 amide bonds. The highest BCUT2D eigenvalue weighted by Gasteiger charge is 2.13. The Morgan fingerprint density at radius 1 is 1.55 bits per heavy atom. The molecule has 0 N–H and O–H groups in total. The second-order valence-corrected chi connectivity index (χ2v) is 3.13. The van der Waals surface area contributed by atoms with E-state index < -0.39 is 0 Å². The average Bonchev–Trinajstić information content (AvgIpc) is 2.06. The maximum Gasteiger partial charge on any atom is 0.139 e. The van der Waals surface area contributed by atoms with E-state index in [0.29, 0.717) is 6.54 Å². The van der Waals surface area contributed by atoms with Crippen LogP contribution in [0, 0.1) is 0 Å². The van der Waals surface area contributed by atoms with Crippen molar-refractivity contribution in [2.75, 3.05) is 32.8 Å². The molecule has 1 fully saturated rings. The molecule has 3 nitrogen and oxygen atoms in total. The number of hydrogen-bond acceptors (Lipinski definition) is 3. The Kier molecular flexibility index (Phi) is 3.83. The van der Waals surface area contributed by atoms with Crippen molar-refractivity contribution in [2.24, 2.45) is 0 Å². The van der Waals surface area contributed by atoms with E-state index in [1.54, 1.807) is 0 Å². The number of aldehydes is 1. The number of alkyl halides is 1. The van der Waals surface area contributed by atoms with Crippen molar-refractivity contribution in [3.05, 3.63) is 0 Å². The molecule has 1 aliphatic rings. The number of hydrogen-bond donors (Lipinski definition) is 0. The first kappa shape index (κ1) is 8.97. The van der Waals surface area contributed by atoms with Gasteiger partial charge >= 0.3 is 0 Å². The Labute approximate surface area is 71.3 Å². The van der Waals surface area contributed by atoms with Gasteiger partial charge < -0.3 is 9.53 Å². The van der Waals surface area contributed by atoms with Crippen LogP contribution in [0.15, 0.2) is 0 Å². The number of ether oxygens (including phenoxy) is 1. The molecule has 0 radical (unpaired) electrons. The van der Waals surface area contributed by atoms with Crippen molar-refractivity contribution in [2.45, 2.75) is 5.38 Å². The van der Waals surface area contributed by atoms with Gasteiger partial charge in [-0.2, -0.15) is 0 Å². The molecule has 0 spiro atoms. The Morgan fingerprint density at radius 3 is 2.73 bits per heavy atom. The number of rotatable bonds is 3. The average molecular weight is 178 g/mol. The Morgan fingerprint density at radius 2 is 2.18 bits per heavy atom. The predicted molar refractivity (Wildman–Crippen MR) is 43.0 cm³/mol. The second kappa shape index (κ2) is 4.70. The largest absolute Gasteiger partial charge is 0.379 e. The van der Waals surface area contributed by atoms with Crippen LogP contribution in [0.25, 0.3) is 0 Å². The summed E-state index contributed by atoms with van der Waals surface area (Å²) in [6, 6.07) is 0. The highest BCUT2D eigenvalue weighted by molar-refractivity contribution is 6.27. The molecule has 11 heavy (non-hydrogen) atoms. The fraction of sp³-hybridized carbons (Fsp3) is 0.857. The van der Waals surface area contributed by atoms with Crippen LogP contribution in [0.1, 0.15) is 0 Å². The molecule has 64 valence electrons. The minimum absolute atomic E-state index is 0.368. The number of morpholine rings is 1. The topological polar surface area (TPSA) is 29.5 Å². The summed E-state index contributed by atoms with van der Waals surface area (Å²) in [5, 5.41) is -0.368. The summed E-state index contributed by atoms with van der Waals surface area (Å²) in [7, 11) is 0. The molecule has 0 bridgehead atoms. The standard InChI is InChI=1S/C7H12ClNO2/c8-7(6-10)5-9-1-3-11-4-2-9/h6-7H,1-5H2. The zero-order valence-electron chi connectivity index (χ0n) is 6.33. The fourth-order valence-electron chi connectivity index (χ4n) is 1.07. The monoisotopic (exact) mass is 177 g/mol. The second-order valence-electron chi connectivity index (χ2n) is 2.57. The lowest BCUT2D eigenvalue weighted by Gasteiger charge is -2.26. The Balaban J connectivity index is 2.18. The minimum Gasteiger partial charge on any atom is -0.379 e. The third-order valence-corrected chi connectivity index (χ3v) is 1.92. The van der Waals surface area contributed by atoms with Crippen LogP contribution < -0.4 is 0 Å². The van der Waals surface area contributed by atoms with Crippen LogP contribution in [0.4, 0.5) is 0 Å². The molecule has 1 saturated heterocycles. The van der Waals surface area contributed by atoms with E-state index in [1.165, 1.54) is 0 Å². The van der Waals surface area contributed by atoms with Gasteiger partial charge in [0.05, 0.1) is 13.2 Å². The van der Waals surface area contributed by atoms with Crippen LogP contribution in [-0.2, 0) is 9.53 Å². The number of nitrogens with zero attached hydrogens (tertiary/aromatic N) is 1. The molecule has 0 saturated carbocycles. The number of carbonyl (C=O) groups is 1. The molecule has 1 atom stereocenters. The Bertz CT molecular complexity index is 126. The van der Waals surface area contributed by atoms with Gasteiger partial charge in [0.25, 0.3) is 0 Å². The van der Waals surface area contributed by atoms with Crippen molar-refractivity contribution in [3.63, 3.8) is 0 Å². The van der Waals surface area contributed by atoms with Gasteiger partial charge in [-0.3, -0.25) is 4.90 Å². The summed E-state index contributed by atoms with van der Waals surface area (Å²) in [6.45, 7) is 3.92. The highest BCUT2D eigenvalue weighted by atomic mass is 35.5. The molecular formula is C7H12ClNO2. The van der Waals surface area contributed by atoms with E-state index in [1.807, 2.05) is 0 Å². The normalized spacial score (nSPS) is 23.0. The maximum atomic E-state index is 10.2. The lowest BCUT2D eigenvalue weighted by molar-refractivity contribution is -0.108. The zero-order chi connectivity index (χ0) is 8.10. The van der Waals surface area contributed by atoms with Gasteiger partial charge in [-0.05, 0) is 0 Å². The van der Waals surface area contributed by atoms with Crippen molar-refractivity contribution in [1.29, 1.82) is 0 Å². The quantitative estimate of drug-likeness (QED) is 0.453. The molecule has 1 rings (SSSR count). The highest BCUT2D eigenvalue weighted by Crippen LogP contribution is 2.00. The predicted octanol–water partition coefficient (Wildman–Crippen LogP) is 0.125. The maximum absolute atomic E-state index is 10.2. The molecule has 1 unspecified atom stereocenters. The van der Waals surface area contributed by atoms with Crippen LogP contribution >= 0.6 is 11.6 Å². The van der Waals surface area contributed by atoms with Crippen LogP contribution in [0.5, 0.6) is 0 Å². The van der Waals surface area contributed by atoms with Crippen molar-refractivity contribution < 1.29 is 9.53 Å². The zero-order valence-corrected chi connectivity index (χ0v) is 7.09. The fourth-order valence-corrected chi connectivity index (χ4v) is 1.27. The van der Waals surface area contributed by atoms with Gasteiger partial charge in [-0.15, -0.1) is 11.6 Å². The molecule has 1 heterocycles. The smallest absolute Gasteiger partial charge is 0.139 e. The molecule has 0 aromatic rings. The first-order valence-corrected chi connectivity index (χ1v) is 4.16. The van der Waals surface area contributed by atoms with Gasteiger partial charge in [0, 0.05) is 19.6 Å². The third-order valence-electron chi connectivity index (χ3n) is 1.68. The van der Waals surface area contributed by atoms with Gasteiger partial charge in [-0.25, -0.2) is 0 Å². The van der Waals surface area contributed by atoms with E-state index in [-0.39, 0.29) is 5.38 Å². The summed E-state index contributed by atoms with van der Waals surface area (Å²) >= 11 is 5.65. The van der Waals surface area contributed by atoms with Crippen molar-refractivity contribution >= 4 is 17.9 Å². The first-order chi connectivity index (χ1) is 5.33. The van der Waals surface area contributed by atoms with Crippen molar-refractivity contribution in [3.8, 4) is 0 Å². The van der Waals surface area contributed by atoms with Crippen LogP contribution in [0.3, 0.4) is 0 Å². The van der Waals surface area contributed by atoms with Crippen LogP contribution in [-0.4, -0.2) is 49.4 Å². The summed E-state index contributed by atoms with van der Waals surface area (Å²) in [5.41, 5.74) is 0. The minimum atomic E-state index is -0.368. The lowest BCUT2D eigenvalue weighted by atomic mass is 10.3. The first-order valence-electron chi connectivity index (χ1n) is 3.72. The number of halogens is 1. The molecule has 0 aromatic carbocycles. The summed E-state index contributed by atoms with van der Waals surface area (Å²) in [5.74, 6) is 0. The Hall–Kier alpha value is -0.120. The van der Waals surface area contributed by atoms with Gasteiger partial charge in [0.1, 0.15) is 11.7 Å². The molecule has 0 aliphatic carbocycles. The molecule has 0 aromatic heterocycles. The van der Waals surface area contributed by atoms with E-state index in [0.717, 1.165) is 32.6 Å². The van der Waals surface area contributed by atoms with Crippen LogP contribution in [0.2, 0.25) is 0 Å². The van der Waals surface area contributed by atoms with E-state index in [9.17, 15) is 4.79 Å². The molecular weight excluding hydrogens is 166 g/mol. The summed E-state index contributed by atoms with van der Waals surface area (Å²) in [6.07, 6.45) is 0.775. The number of carbonyl (C=O) groups excluding carboxylic acids is 1. The lowest BCUT2D eigenvalue weighted by Crippen LogP contribution is -2.40.